The van der Waals surface area contributed by atoms with Gasteiger partial charge in [-0.3, -0.25) is 4.79 Å². The molecule has 0 bridgehead atoms. The van der Waals surface area contributed by atoms with Gasteiger partial charge in [-0.1, -0.05) is 18.2 Å². The Hall–Kier alpha value is -1.69. The zero-order valence-electron chi connectivity index (χ0n) is 11.8. The van der Waals surface area contributed by atoms with Gasteiger partial charge in [-0.2, -0.15) is 0 Å². The van der Waals surface area contributed by atoms with Crippen molar-refractivity contribution >= 4 is 15.7 Å². The summed E-state index contributed by atoms with van der Waals surface area (Å²) in [4.78, 5) is 13.9. The number of halogens is 1. The second-order valence-electron chi connectivity index (χ2n) is 5.16. The van der Waals surface area contributed by atoms with Crippen molar-refractivity contribution in [1.29, 1.82) is 0 Å². The third kappa shape index (κ3) is 4.39. The Morgan fingerprint density at radius 1 is 1.33 bits per heavy atom. The summed E-state index contributed by atoms with van der Waals surface area (Å²) in [6.45, 7) is 2.79. The fourth-order valence-corrected chi connectivity index (χ4v) is 3.71. The molecule has 1 unspecified atom stereocenters. The van der Waals surface area contributed by atoms with Crippen molar-refractivity contribution in [2.45, 2.75) is 19.9 Å². The molecule has 21 heavy (non-hydrogen) atoms. The van der Waals surface area contributed by atoms with Crippen LogP contribution in [0.5, 0.6) is 0 Å². The molecule has 0 N–H and O–H groups in total. The number of carbonyl (C=O) groups excluding carboxylic acids is 1. The van der Waals surface area contributed by atoms with Crippen LogP contribution in [0.4, 0.5) is 4.39 Å². The van der Waals surface area contributed by atoms with Crippen LogP contribution in [0, 0.1) is 11.7 Å². The third-order valence-electron chi connectivity index (χ3n) is 3.46. The Kier molecular flexibility index (Phi) is 4.77. The number of amides is 1. The van der Waals surface area contributed by atoms with Crippen molar-refractivity contribution in [3.63, 3.8) is 0 Å². The van der Waals surface area contributed by atoms with Crippen molar-refractivity contribution in [3.8, 4) is 0 Å². The van der Waals surface area contributed by atoms with Crippen LogP contribution < -0.4 is 0 Å². The molecule has 1 aromatic rings. The maximum absolute atomic E-state index is 12.9. The van der Waals surface area contributed by atoms with Gasteiger partial charge < -0.3 is 4.90 Å². The first-order valence-electron chi connectivity index (χ1n) is 6.83. The molecule has 1 heterocycles. The van der Waals surface area contributed by atoms with E-state index in [0.717, 1.165) is 5.56 Å². The Balaban J connectivity index is 1.96. The lowest BCUT2D eigenvalue weighted by atomic mass is 10.1. The van der Waals surface area contributed by atoms with E-state index in [0.29, 0.717) is 13.1 Å². The number of sulfone groups is 1. The van der Waals surface area contributed by atoms with E-state index in [9.17, 15) is 17.6 Å². The van der Waals surface area contributed by atoms with E-state index in [4.69, 9.17) is 0 Å². The summed E-state index contributed by atoms with van der Waals surface area (Å²) in [5, 5.41) is 1.18. The minimum atomic E-state index is -3.13. The highest BCUT2D eigenvalue weighted by atomic mass is 32.2. The summed E-state index contributed by atoms with van der Waals surface area (Å²) in [6, 6.07) is 6.01. The summed E-state index contributed by atoms with van der Waals surface area (Å²) in [6.07, 6.45) is 1.77. The Morgan fingerprint density at radius 3 is 2.52 bits per heavy atom. The fourth-order valence-electron chi connectivity index (χ4n) is 2.31. The van der Waals surface area contributed by atoms with E-state index in [1.54, 1.807) is 23.1 Å². The zero-order chi connectivity index (χ0) is 15.5. The first-order valence-corrected chi connectivity index (χ1v) is 8.54. The predicted octanol–water partition coefficient (Wildman–Crippen LogP) is 2.12. The number of benzene rings is 1. The van der Waals surface area contributed by atoms with Gasteiger partial charge in [-0.05, 0) is 24.6 Å². The van der Waals surface area contributed by atoms with Gasteiger partial charge in [-0.25, -0.2) is 12.8 Å². The second-order valence-corrected chi connectivity index (χ2v) is 7.09. The highest BCUT2D eigenvalue weighted by molar-refractivity contribution is 7.94. The molecule has 0 radical (unpaired) electrons. The first kappa shape index (κ1) is 15.7. The van der Waals surface area contributed by atoms with E-state index in [1.807, 2.05) is 6.92 Å². The van der Waals surface area contributed by atoms with Gasteiger partial charge in [0.1, 0.15) is 5.82 Å². The van der Waals surface area contributed by atoms with Crippen molar-refractivity contribution in [1.82, 2.24) is 4.90 Å². The van der Waals surface area contributed by atoms with Crippen molar-refractivity contribution in [3.05, 3.63) is 47.1 Å². The van der Waals surface area contributed by atoms with Gasteiger partial charge in [0.05, 0.1) is 5.75 Å². The Labute approximate surface area is 124 Å². The number of allylic oxidation sites excluding steroid dienone is 1. The highest BCUT2D eigenvalue weighted by Crippen LogP contribution is 2.20. The van der Waals surface area contributed by atoms with Crippen LogP contribution >= 0.6 is 0 Å². The van der Waals surface area contributed by atoms with Crippen LogP contribution in [-0.2, 0) is 21.2 Å². The first-order chi connectivity index (χ1) is 9.89. The monoisotopic (exact) mass is 311 g/mol. The molecular formula is C15H18FNO3S. The van der Waals surface area contributed by atoms with E-state index in [2.05, 4.69) is 0 Å². The molecule has 0 spiro atoms. The smallest absolute Gasteiger partial charge is 0.223 e. The van der Waals surface area contributed by atoms with Crippen molar-refractivity contribution < 1.29 is 17.6 Å². The third-order valence-corrected chi connectivity index (χ3v) is 4.93. The van der Waals surface area contributed by atoms with E-state index >= 15 is 0 Å². The van der Waals surface area contributed by atoms with Crippen LogP contribution in [0.15, 0.2) is 35.7 Å². The van der Waals surface area contributed by atoms with Gasteiger partial charge >= 0.3 is 0 Å². The van der Waals surface area contributed by atoms with E-state index < -0.39 is 9.84 Å². The van der Waals surface area contributed by atoms with Crippen LogP contribution in [0.3, 0.4) is 0 Å². The molecule has 1 atom stereocenters. The van der Waals surface area contributed by atoms with Gasteiger partial charge in [0.15, 0.2) is 9.84 Å². The molecule has 114 valence electrons. The Morgan fingerprint density at radius 2 is 2.00 bits per heavy atom. The molecule has 0 fully saturated rings. The minimum Gasteiger partial charge on any atom is -0.339 e. The van der Waals surface area contributed by atoms with Crippen LogP contribution in [0.2, 0.25) is 0 Å². The summed E-state index contributed by atoms with van der Waals surface area (Å²) < 4.78 is 35.5. The van der Waals surface area contributed by atoms with E-state index in [-0.39, 0.29) is 29.8 Å². The van der Waals surface area contributed by atoms with Crippen LogP contribution in [0.25, 0.3) is 0 Å². The number of nitrogens with zero attached hydrogens (tertiary/aromatic N) is 1. The lowest BCUT2D eigenvalue weighted by Gasteiger charge is -2.22. The SMILES string of the molecule is CCN(Cc1ccc(F)cc1)C(=O)CC1C=CS(=O)(=O)C1. The standard InChI is InChI=1S/C15H18FNO3S/c1-2-17(10-12-3-5-14(16)6-4-12)15(18)9-13-7-8-21(19,20)11-13/h3-8,13H,2,9-11H2,1H3. The van der Waals surface area contributed by atoms with E-state index in [1.165, 1.54) is 17.5 Å². The molecule has 0 aromatic heterocycles. The Bertz CT molecular complexity index is 637. The number of carbonyl (C=O) groups is 1. The van der Waals surface area contributed by atoms with Crippen molar-refractivity contribution in [2.24, 2.45) is 5.92 Å². The molecule has 6 heteroatoms. The van der Waals surface area contributed by atoms with Crippen LogP contribution in [0.1, 0.15) is 18.9 Å². The maximum Gasteiger partial charge on any atom is 0.223 e. The predicted molar refractivity (Wildman–Crippen MR) is 78.5 cm³/mol. The van der Waals surface area contributed by atoms with Gasteiger partial charge in [-0.15, -0.1) is 0 Å². The van der Waals surface area contributed by atoms with Gasteiger partial charge in [0.2, 0.25) is 5.91 Å². The quantitative estimate of drug-likeness (QED) is 0.837. The maximum atomic E-state index is 12.9. The topological polar surface area (TPSA) is 54.5 Å². The zero-order valence-corrected chi connectivity index (χ0v) is 12.6. The molecule has 4 nitrogen and oxygen atoms in total. The highest BCUT2D eigenvalue weighted by Gasteiger charge is 2.25. The van der Waals surface area contributed by atoms with Crippen molar-refractivity contribution in [2.75, 3.05) is 12.3 Å². The lowest BCUT2D eigenvalue weighted by Crippen LogP contribution is -2.31. The largest absolute Gasteiger partial charge is 0.339 e. The average molecular weight is 311 g/mol. The molecule has 1 aliphatic rings. The minimum absolute atomic E-state index is 0.00679. The molecule has 1 aromatic carbocycles. The average Bonchev–Trinajstić information content (AvgIpc) is 2.77. The summed E-state index contributed by atoms with van der Waals surface area (Å²) in [5.74, 6) is -0.639. The summed E-state index contributed by atoms with van der Waals surface area (Å²) >= 11 is 0. The summed E-state index contributed by atoms with van der Waals surface area (Å²) in [5.41, 5.74) is 0.848. The van der Waals surface area contributed by atoms with Crippen LogP contribution in [-0.4, -0.2) is 31.5 Å². The van der Waals surface area contributed by atoms with Gasteiger partial charge in [0.25, 0.3) is 0 Å². The lowest BCUT2D eigenvalue weighted by molar-refractivity contribution is -0.132. The molecule has 0 saturated carbocycles. The number of hydrogen-bond acceptors (Lipinski definition) is 3. The fraction of sp³-hybridized carbons (Fsp3) is 0.400. The normalized spacial score (nSPS) is 19.6. The summed E-state index contributed by atoms with van der Waals surface area (Å²) in [7, 11) is -3.13. The number of rotatable bonds is 5. The molecule has 1 aliphatic heterocycles. The number of hydrogen-bond donors (Lipinski definition) is 0. The molecule has 1 amide bonds. The molecule has 0 saturated heterocycles. The molecule has 0 aliphatic carbocycles. The molecule has 2 rings (SSSR count). The molecular weight excluding hydrogens is 293 g/mol. The second kappa shape index (κ2) is 6.39. The van der Waals surface area contributed by atoms with Gasteiger partial charge in [0, 0.05) is 30.8 Å².